The highest BCUT2D eigenvalue weighted by Crippen LogP contribution is 2.19. The number of hydrogen-bond donors (Lipinski definition) is 1. The van der Waals surface area contributed by atoms with Crippen LogP contribution in [-0.2, 0) is 4.79 Å². The molecule has 1 N–H and O–H groups in total. The molecular formula is C10H10FNO2. The molecule has 3 nitrogen and oxygen atoms in total. The lowest BCUT2D eigenvalue weighted by Crippen LogP contribution is -2.09. The van der Waals surface area contributed by atoms with Crippen molar-refractivity contribution in [1.82, 2.24) is 0 Å². The molecule has 0 fully saturated rings. The Bertz CT molecular complexity index is 388. The molecule has 0 radical (unpaired) electrons. The molecule has 1 aromatic carbocycles. The molecule has 4 heteroatoms. The molecule has 1 aromatic rings. The van der Waals surface area contributed by atoms with E-state index in [1.165, 1.54) is 19.1 Å². The highest BCUT2D eigenvalue weighted by Gasteiger charge is 2.10. The normalized spacial score (nSPS) is 9.64. The molecule has 0 unspecified atom stereocenters. The molecule has 0 saturated carbocycles. The Labute approximate surface area is 80.9 Å². The third-order valence-corrected chi connectivity index (χ3v) is 1.80. The van der Waals surface area contributed by atoms with Crippen LogP contribution in [0.2, 0.25) is 0 Å². The minimum Gasteiger partial charge on any atom is -0.326 e. The SMILES string of the molecule is CC(=O)Nc1ccc(C)c(F)c1C=O. The molecule has 1 amide bonds. The average molecular weight is 195 g/mol. The smallest absolute Gasteiger partial charge is 0.221 e. The Hall–Kier alpha value is -1.71. The molecule has 0 aliphatic rings. The van der Waals surface area contributed by atoms with Crippen molar-refractivity contribution in [3.8, 4) is 0 Å². The number of nitrogens with one attached hydrogen (secondary N) is 1. The van der Waals surface area contributed by atoms with Gasteiger partial charge < -0.3 is 5.32 Å². The molecule has 0 aliphatic carbocycles. The molecule has 0 aliphatic heterocycles. The molecular weight excluding hydrogens is 185 g/mol. The van der Waals surface area contributed by atoms with Crippen LogP contribution < -0.4 is 5.32 Å². The first-order chi connectivity index (χ1) is 6.56. The fourth-order valence-corrected chi connectivity index (χ4v) is 1.12. The summed E-state index contributed by atoms with van der Waals surface area (Å²) in [6.45, 7) is 2.85. The van der Waals surface area contributed by atoms with Crippen molar-refractivity contribution in [2.24, 2.45) is 0 Å². The molecule has 0 aromatic heterocycles. The Morgan fingerprint density at radius 3 is 2.64 bits per heavy atom. The molecule has 0 saturated heterocycles. The van der Waals surface area contributed by atoms with Crippen molar-refractivity contribution in [3.05, 3.63) is 29.1 Å². The van der Waals surface area contributed by atoms with Crippen LogP contribution in [0.3, 0.4) is 0 Å². The second kappa shape index (κ2) is 4.00. The number of rotatable bonds is 2. The summed E-state index contributed by atoms with van der Waals surface area (Å²) >= 11 is 0. The van der Waals surface area contributed by atoms with Crippen LogP contribution >= 0.6 is 0 Å². The summed E-state index contributed by atoms with van der Waals surface area (Å²) in [6, 6.07) is 3.01. The van der Waals surface area contributed by atoms with Crippen molar-refractivity contribution >= 4 is 17.9 Å². The van der Waals surface area contributed by atoms with E-state index in [1.807, 2.05) is 0 Å². The molecule has 0 heterocycles. The number of aryl methyl sites for hydroxylation is 1. The quantitative estimate of drug-likeness (QED) is 0.732. The van der Waals surface area contributed by atoms with Crippen LogP contribution in [-0.4, -0.2) is 12.2 Å². The minimum absolute atomic E-state index is 0.111. The largest absolute Gasteiger partial charge is 0.326 e. The van der Waals surface area contributed by atoms with Gasteiger partial charge in [0.2, 0.25) is 5.91 Å². The van der Waals surface area contributed by atoms with E-state index in [-0.39, 0.29) is 17.2 Å². The average Bonchev–Trinajstić information content (AvgIpc) is 2.11. The van der Waals surface area contributed by atoms with Gasteiger partial charge in [0, 0.05) is 6.92 Å². The van der Waals surface area contributed by atoms with Gasteiger partial charge in [0.05, 0.1) is 11.3 Å². The molecule has 0 spiro atoms. The monoisotopic (exact) mass is 195 g/mol. The highest BCUT2D eigenvalue weighted by molar-refractivity contribution is 5.95. The van der Waals surface area contributed by atoms with E-state index in [0.717, 1.165) is 0 Å². The van der Waals surface area contributed by atoms with Crippen molar-refractivity contribution in [1.29, 1.82) is 0 Å². The summed E-state index contributed by atoms with van der Waals surface area (Å²) in [5, 5.41) is 2.38. The summed E-state index contributed by atoms with van der Waals surface area (Å²) in [4.78, 5) is 21.3. The van der Waals surface area contributed by atoms with E-state index < -0.39 is 5.82 Å². The van der Waals surface area contributed by atoms with Gasteiger partial charge in [-0.2, -0.15) is 0 Å². The number of hydrogen-bond acceptors (Lipinski definition) is 2. The van der Waals surface area contributed by atoms with E-state index in [4.69, 9.17) is 0 Å². The number of carbonyl (C=O) groups is 2. The minimum atomic E-state index is -0.591. The van der Waals surface area contributed by atoms with E-state index in [1.54, 1.807) is 6.92 Å². The Morgan fingerprint density at radius 1 is 1.50 bits per heavy atom. The second-order valence-electron chi connectivity index (χ2n) is 2.96. The number of halogens is 1. The molecule has 1 rings (SSSR count). The van der Waals surface area contributed by atoms with Gasteiger partial charge in [-0.15, -0.1) is 0 Å². The van der Waals surface area contributed by atoms with Crippen LogP contribution in [0.5, 0.6) is 0 Å². The number of benzene rings is 1. The standard InChI is InChI=1S/C10H10FNO2/c1-6-3-4-9(12-7(2)14)8(5-13)10(6)11/h3-5H,1-2H3,(H,12,14). The first-order valence-electron chi connectivity index (χ1n) is 4.08. The van der Waals surface area contributed by atoms with Crippen molar-refractivity contribution in [2.45, 2.75) is 13.8 Å². The summed E-state index contributed by atoms with van der Waals surface area (Å²) in [5.74, 6) is -0.928. The zero-order valence-corrected chi connectivity index (χ0v) is 7.93. The van der Waals surface area contributed by atoms with E-state index >= 15 is 0 Å². The van der Waals surface area contributed by atoms with Gasteiger partial charge in [-0.05, 0) is 18.6 Å². The van der Waals surface area contributed by atoms with Crippen LogP contribution in [0.25, 0.3) is 0 Å². The molecule has 0 atom stereocenters. The Kier molecular flexibility index (Phi) is 2.96. The number of carbonyl (C=O) groups excluding carboxylic acids is 2. The first kappa shape index (κ1) is 10.4. The zero-order chi connectivity index (χ0) is 10.7. The second-order valence-corrected chi connectivity index (χ2v) is 2.96. The Balaban J connectivity index is 3.23. The van der Waals surface area contributed by atoms with Crippen molar-refractivity contribution < 1.29 is 14.0 Å². The maximum absolute atomic E-state index is 13.3. The predicted octanol–water partition coefficient (Wildman–Crippen LogP) is 1.91. The van der Waals surface area contributed by atoms with Crippen molar-refractivity contribution in [2.75, 3.05) is 5.32 Å². The van der Waals surface area contributed by atoms with Crippen molar-refractivity contribution in [3.63, 3.8) is 0 Å². The van der Waals surface area contributed by atoms with Crippen LogP contribution in [0, 0.1) is 12.7 Å². The van der Waals surface area contributed by atoms with E-state index in [2.05, 4.69) is 5.32 Å². The topological polar surface area (TPSA) is 46.2 Å². The summed E-state index contributed by atoms with van der Waals surface area (Å²) in [7, 11) is 0. The molecule has 74 valence electrons. The maximum atomic E-state index is 13.3. The lowest BCUT2D eigenvalue weighted by molar-refractivity contribution is -0.114. The van der Waals surface area contributed by atoms with Crippen LogP contribution in [0.1, 0.15) is 22.8 Å². The highest BCUT2D eigenvalue weighted by atomic mass is 19.1. The number of aldehydes is 1. The van der Waals surface area contributed by atoms with Crippen LogP contribution in [0.4, 0.5) is 10.1 Å². The fourth-order valence-electron chi connectivity index (χ4n) is 1.12. The Morgan fingerprint density at radius 2 is 2.14 bits per heavy atom. The van der Waals surface area contributed by atoms with E-state index in [0.29, 0.717) is 11.8 Å². The van der Waals surface area contributed by atoms with Gasteiger partial charge in [0.25, 0.3) is 0 Å². The summed E-state index contributed by atoms with van der Waals surface area (Å²) < 4.78 is 13.3. The van der Waals surface area contributed by atoms with Gasteiger partial charge >= 0.3 is 0 Å². The lowest BCUT2D eigenvalue weighted by atomic mass is 10.1. The number of amides is 1. The maximum Gasteiger partial charge on any atom is 0.221 e. The van der Waals surface area contributed by atoms with Gasteiger partial charge in [-0.1, -0.05) is 6.07 Å². The van der Waals surface area contributed by atoms with Gasteiger partial charge in [0.15, 0.2) is 6.29 Å². The van der Waals surface area contributed by atoms with E-state index in [9.17, 15) is 14.0 Å². The summed E-state index contributed by atoms with van der Waals surface area (Å²) in [5.41, 5.74) is 0.469. The third kappa shape index (κ3) is 1.96. The molecule has 14 heavy (non-hydrogen) atoms. The fraction of sp³-hybridized carbons (Fsp3) is 0.200. The first-order valence-corrected chi connectivity index (χ1v) is 4.08. The predicted molar refractivity (Wildman–Crippen MR) is 50.8 cm³/mol. The zero-order valence-electron chi connectivity index (χ0n) is 7.93. The van der Waals surface area contributed by atoms with Gasteiger partial charge in [-0.25, -0.2) is 4.39 Å². The lowest BCUT2D eigenvalue weighted by Gasteiger charge is -2.07. The summed E-state index contributed by atoms with van der Waals surface area (Å²) in [6.07, 6.45) is 0.396. The third-order valence-electron chi connectivity index (χ3n) is 1.80. The number of anilines is 1. The van der Waals surface area contributed by atoms with Crippen LogP contribution in [0.15, 0.2) is 12.1 Å². The molecule has 0 bridgehead atoms. The van der Waals surface area contributed by atoms with Gasteiger partial charge in [0.1, 0.15) is 5.82 Å². The van der Waals surface area contributed by atoms with Gasteiger partial charge in [-0.3, -0.25) is 9.59 Å².